The molecule has 0 aliphatic heterocycles. The second kappa shape index (κ2) is 3.10. The Morgan fingerprint density at radius 1 is 1.14 bits per heavy atom. The predicted molar refractivity (Wildman–Crippen MR) is 43.5 cm³/mol. The van der Waals surface area contributed by atoms with Gasteiger partial charge in [0.1, 0.15) is 11.6 Å². The zero-order chi connectivity index (χ0) is 10.1. The lowest BCUT2D eigenvalue weighted by atomic mass is 10.2. The Morgan fingerprint density at radius 2 is 1.79 bits per heavy atom. The van der Waals surface area contributed by atoms with Crippen LogP contribution in [-0.4, -0.2) is 10.1 Å². The molecule has 14 heavy (non-hydrogen) atoms. The van der Waals surface area contributed by atoms with Crippen LogP contribution in [0.2, 0.25) is 0 Å². The smallest absolute Gasteiger partial charge is 0.250 e. The predicted octanol–water partition coefficient (Wildman–Crippen LogP) is 2.33. The molecule has 0 atom stereocenters. The van der Waals surface area contributed by atoms with E-state index < -0.39 is 11.6 Å². The molecule has 72 valence electrons. The molecular weight excluding hydrogens is 192 g/mol. The number of halogens is 2. The van der Waals surface area contributed by atoms with E-state index in [1.54, 1.807) is 0 Å². The highest BCUT2D eigenvalue weighted by atomic mass is 19.1. The van der Waals surface area contributed by atoms with E-state index in [9.17, 15) is 8.78 Å². The normalized spacial score (nSPS) is 10.4. The summed E-state index contributed by atoms with van der Waals surface area (Å²) in [5.41, 5.74) is 0.141. The summed E-state index contributed by atoms with van der Waals surface area (Å²) in [5, 5.41) is 8.86. The van der Waals surface area contributed by atoms with Gasteiger partial charge in [0.2, 0.25) is 5.89 Å². The van der Waals surface area contributed by atoms with Crippen molar-refractivity contribution in [2.45, 2.75) is 0 Å². The summed E-state index contributed by atoms with van der Waals surface area (Å²) in [5.74, 6) is -1.80. The summed E-state index contributed by atoms with van der Waals surface area (Å²) in [6.07, 6.45) is 0.984. The third-order valence-electron chi connectivity index (χ3n) is 1.60. The van der Waals surface area contributed by atoms with Crippen LogP contribution in [0, 0.1) is 11.6 Å². The van der Waals surface area contributed by atoms with Gasteiger partial charge in [0.25, 0.3) is 5.88 Å². The number of hydrogen-bond acceptors (Lipinski definition) is 3. The molecule has 5 heteroatoms. The minimum atomic E-state index is -0.724. The average molecular weight is 197 g/mol. The van der Waals surface area contributed by atoms with Crippen LogP contribution in [0.1, 0.15) is 0 Å². The highest BCUT2D eigenvalue weighted by molar-refractivity contribution is 5.53. The van der Waals surface area contributed by atoms with Crippen LogP contribution in [0.15, 0.2) is 28.9 Å². The minimum Gasteiger partial charge on any atom is -0.491 e. The van der Waals surface area contributed by atoms with Gasteiger partial charge in [-0.3, -0.25) is 0 Å². The standard InChI is InChI=1S/C9H5F2NO2/c10-6-1-5(2-7(11)3-6)9-12-8(13)4-14-9/h1-4,13H. The van der Waals surface area contributed by atoms with E-state index in [-0.39, 0.29) is 17.3 Å². The van der Waals surface area contributed by atoms with E-state index in [4.69, 9.17) is 9.52 Å². The Morgan fingerprint density at radius 3 is 2.29 bits per heavy atom. The van der Waals surface area contributed by atoms with Crippen molar-refractivity contribution in [3.63, 3.8) is 0 Å². The maximum absolute atomic E-state index is 12.7. The summed E-state index contributed by atoms with van der Waals surface area (Å²) in [4.78, 5) is 3.52. The lowest BCUT2D eigenvalue weighted by molar-refractivity contribution is 0.448. The summed E-state index contributed by atoms with van der Waals surface area (Å²) < 4.78 is 30.3. The molecule has 3 nitrogen and oxygen atoms in total. The van der Waals surface area contributed by atoms with Gasteiger partial charge in [-0.25, -0.2) is 8.78 Å². The number of nitrogens with zero attached hydrogens (tertiary/aromatic N) is 1. The van der Waals surface area contributed by atoms with Crippen molar-refractivity contribution in [3.05, 3.63) is 36.1 Å². The Kier molecular flexibility index (Phi) is 1.92. The van der Waals surface area contributed by atoms with Crippen molar-refractivity contribution >= 4 is 0 Å². The molecule has 1 aromatic heterocycles. The lowest BCUT2D eigenvalue weighted by Gasteiger charge is -1.95. The summed E-state index contributed by atoms with van der Waals surface area (Å²) >= 11 is 0. The monoisotopic (exact) mass is 197 g/mol. The van der Waals surface area contributed by atoms with Gasteiger partial charge in [-0.2, -0.15) is 4.98 Å². The molecule has 0 bridgehead atoms. The van der Waals surface area contributed by atoms with Gasteiger partial charge in [0, 0.05) is 11.6 Å². The van der Waals surface area contributed by atoms with Crippen LogP contribution in [0.3, 0.4) is 0 Å². The highest BCUT2D eigenvalue weighted by Crippen LogP contribution is 2.22. The molecule has 0 fully saturated rings. The molecule has 1 aromatic carbocycles. The van der Waals surface area contributed by atoms with E-state index in [2.05, 4.69) is 4.98 Å². The Labute approximate surface area is 77.6 Å². The van der Waals surface area contributed by atoms with E-state index in [0.29, 0.717) is 0 Å². The molecule has 0 aliphatic carbocycles. The Balaban J connectivity index is 2.51. The van der Waals surface area contributed by atoms with Crippen molar-refractivity contribution in [1.29, 1.82) is 0 Å². The number of rotatable bonds is 1. The van der Waals surface area contributed by atoms with E-state index in [1.165, 1.54) is 0 Å². The largest absolute Gasteiger partial charge is 0.491 e. The first-order chi connectivity index (χ1) is 6.65. The molecular formula is C9H5F2NO2. The zero-order valence-electron chi connectivity index (χ0n) is 6.87. The minimum absolute atomic E-state index is 0.0269. The molecule has 0 amide bonds. The first-order valence-electron chi connectivity index (χ1n) is 3.76. The zero-order valence-corrected chi connectivity index (χ0v) is 6.87. The molecule has 0 saturated heterocycles. The van der Waals surface area contributed by atoms with Gasteiger partial charge >= 0.3 is 0 Å². The van der Waals surface area contributed by atoms with Crippen molar-refractivity contribution < 1.29 is 18.3 Å². The first-order valence-corrected chi connectivity index (χ1v) is 3.76. The van der Waals surface area contributed by atoms with Gasteiger partial charge < -0.3 is 9.52 Å². The fraction of sp³-hybridized carbons (Fsp3) is 0. The molecule has 2 aromatic rings. The molecule has 0 aliphatic rings. The highest BCUT2D eigenvalue weighted by Gasteiger charge is 2.08. The molecule has 0 radical (unpaired) electrons. The number of aromatic nitrogens is 1. The van der Waals surface area contributed by atoms with Gasteiger partial charge in [0.15, 0.2) is 6.26 Å². The van der Waals surface area contributed by atoms with Crippen LogP contribution < -0.4 is 0 Å². The second-order valence-corrected chi connectivity index (χ2v) is 2.67. The van der Waals surface area contributed by atoms with Crippen LogP contribution in [0.4, 0.5) is 8.78 Å². The molecule has 0 saturated carbocycles. The SMILES string of the molecule is Oc1coc(-c2cc(F)cc(F)c2)n1. The van der Waals surface area contributed by atoms with E-state index in [1.807, 2.05) is 0 Å². The topological polar surface area (TPSA) is 46.3 Å². The number of benzene rings is 1. The Bertz CT molecular complexity index is 447. The van der Waals surface area contributed by atoms with Crippen LogP contribution >= 0.6 is 0 Å². The van der Waals surface area contributed by atoms with Crippen LogP contribution in [0.25, 0.3) is 11.5 Å². The van der Waals surface area contributed by atoms with Crippen LogP contribution in [-0.2, 0) is 0 Å². The average Bonchev–Trinajstić information content (AvgIpc) is 2.50. The van der Waals surface area contributed by atoms with Gasteiger partial charge in [-0.05, 0) is 12.1 Å². The summed E-state index contributed by atoms with van der Waals surface area (Å²) in [6.45, 7) is 0. The molecule has 2 rings (SSSR count). The molecule has 0 spiro atoms. The van der Waals surface area contributed by atoms with Crippen molar-refractivity contribution in [1.82, 2.24) is 4.98 Å². The van der Waals surface area contributed by atoms with Crippen molar-refractivity contribution in [2.24, 2.45) is 0 Å². The van der Waals surface area contributed by atoms with Crippen molar-refractivity contribution in [3.8, 4) is 17.3 Å². The molecule has 1 N–H and O–H groups in total. The lowest BCUT2D eigenvalue weighted by Crippen LogP contribution is -1.83. The number of oxazole rings is 1. The fourth-order valence-electron chi connectivity index (χ4n) is 1.08. The summed E-state index contributed by atoms with van der Waals surface area (Å²) in [7, 11) is 0. The molecule has 0 unspecified atom stereocenters. The van der Waals surface area contributed by atoms with Crippen LogP contribution in [0.5, 0.6) is 5.88 Å². The maximum atomic E-state index is 12.7. The quantitative estimate of drug-likeness (QED) is 0.763. The maximum Gasteiger partial charge on any atom is 0.250 e. The number of hydrogen-bond donors (Lipinski definition) is 1. The first kappa shape index (κ1) is 8.68. The second-order valence-electron chi connectivity index (χ2n) is 2.67. The van der Waals surface area contributed by atoms with Gasteiger partial charge in [-0.15, -0.1) is 0 Å². The molecule has 1 heterocycles. The third-order valence-corrected chi connectivity index (χ3v) is 1.60. The third kappa shape index (κ3) is 1.56. The van der Waals surface area contributed by atoms with Crippen molar-refractivity contribution in [2.75, 3.05) is 0 Å². The Hall–Kier alpha value is -1.91. The summed E-state index contributed by atoms with van der Waals surface area (Å²) in [6, 6.07) is 2.87. The number of aromatic hydroxyl groups is 1. The fourth-order valence-corrected chi connectivity index (χ4v) is 1.08. The van der Waals surface area contributed by atoms with E-state index >= 15 is 0 Å². The van der Waals surface area contributed by atoms with Gasteiger partial charge in [-0.1, -0.05) is 0 Å². The van der Waals surface area contributed by atoms with Gasteiger partial charge in [0.05, 0.1) is 0 Å². The van der Waals surface area contributed by atoms with E-state index in [0.717, 1.165) is 24.5 Å².